The molecule has 1 fully saturated rings. The molecule has 1 aromatic rings. The number of halogens is 1. The van der Waals surface area contributed by atoms with Crippen LogP contribution in [0.5, 0.6) is 0 Å². The number of pyridine rings is 1. The van der Waals surface area contributed by atoms with E-state index in [4.69, 9.17) is 16.3 Å². The second-order valence-corrected chi connectivity index (χ2v) is 7.36. The average Bonchev–Trinajstić information content (AvgIpc) is 2.93. The molecule has 2 amide bonds. The summed E-state index contributed by atoms with van der Waals surface area (Å²) in [7, 11) is 1.71. The van der Waals surface area contributed by atoms with Crippen molar-refractivity contribution in [3.05, 3.63) is 29.0 Å². The van der Waals surface area contributed by atoms with Crippen LogP contribution in [0.1, 0.15) is 44.0 Å². The summed E-state index contributed by atoms with van der Waals surface area (Å²) in [5.41, 5.74) is -0.168. The van der Waals surface area contributed by atoms with Gasteiger partial charge in [0.2, 0.25) is 0 Å². The fourth-order valence-corrected chi connectivity index (χ4v) is 2.94. The summed E-state index contributed by atoms with van der Waals surface area (Å²) in [6.45, 7) is 6.61. The fraction of sp³-hybridized carbons (Fsp3) is 0.588. The van der Waals surface area contributed by atoms with Gasteiger partial charge in [0.05, 0.1) is 11.6 Å². The number of likely N-dealkylation sites (tertiary alicyclic amines) is 1. The van der Waals surface area contributed by atoms with Gasteiger partial charge in [0.25, 0.3) is 5.91 Å². The molecule has 0 radical (unpaired) electrons. The zero-order valence-electron chi connectivity index (χ0n) is 14.6. The van der Waals surface area contributed by atoms with E-state index in [0.717, 1.165) is 12.8 Å². The van der Waals surface area contributed by atoms with Gasteiger partial charge >= 0.3 is 6.09 Å². The zero-order chi connectivity index (χ0) is 17.9. The van der Waals surface area contributed by atoms with Crippen molar-refractivity contribution >= 4 is 23.6 Å². The number of hydrogen-bond acceptors (Lipinski definition) is 4. The Balaban J connectivity index is 2.02. The smallest absolute Gasteiger partial charge is 0.410 e. The number of carbonyl (C=O) groups excluding carboxylic acids is 2. The Morgan fingerprint density at radius 3 is 2.79 bits per heavy atom. The van der Waals surface area contributed by atoms with E-state index in [0.29, 0.717) is 18.7 Å². The molecule has 2 heterocycles. The monoisotopic (exact) mass is 353 g/mol. The first kappa shape index (κ1) is 18.5. The molecule has 2 rings (SSSR count). The lowest BCUT2D eigenvalue weighted by molar-refractivity contribution is 0.0199. The van der Waals surface area contributed by atoms with E-state index in [9.17, 15) is 9.59 Å². The molecular weight excluding hydrogens is 330 g/mol. The number of nitrogens with zero attached hydrogens (tertiary/aromatic N) is 3. The lowest BCUT2D eigenvalue weighted by Crippen LogP contribution is -2.45. The maximum Gasteiger partial charge on any atom is 0.410 e. The molecule has 7 heteroatoms. The molecule has 0 N–H and O–H groups in total. The number of aromatic nitrogens is 1. The number of hydrogen-bond donors (Lipinski definition) is 0. The minimum atomic E-state index is -0.533. The van der Waals surface area contributed by atoms with Crippen molar-refractivity contribution in [2.45, 2.75) is 45.3 Å². The van der Waals surface area contributed by atoms with Crippen LogP contribution in [0, 0.1) is 0 Å². The van der Waals surface area contributed by atoms with E-state index in [-0.39, 0.29) is 23.2 Å². The zero-order valence-corrected chi connectivity index (χ0v) is 15.3. The first-order chi connectivity index (χ1) is 11.2. The van der Waals surface area contributed by atoms with Crippen molar-refractivity contribution in [3.63, 3.8) is 0 Å². The summed E-state index contributed by atoms with van der Waals surface area (Å²) in [4.78, 5) is 32.1. The lowest BCUT2D eigenvalue weighted by Gasteiger charge is -2.31. The summed E-state index contributed by atoms with van der Waals surface area (Å²) in [5, 5.41) is 0.185. The van der Waals surface area contributed by atoms with Crippen molar-refractivity contribution in [2.24, 2.45) is 0 Å². The Morgan fingerprint density at radius 1 is 1.46 bits per heavy atom. The molecule has 6 nitrogen and oxygen atoms in total. The van der Waals surface area contributed by atoms with E-state index in [1.165, 1.54) is 0 Å². The molecule has 0 spiro atoms. The first-order valence-corrected chi connectivity index (χ1v) is 8.42. The van der Waals surface area contributed by atoms with Crippen LogP contribution >= 0.6 is 11.6 Å². The highest BCUT2D eigenvalue weighted by atomic mass is 35.5. The SMILES string of the molecule is CN(CC1CCCN1C(=O)OC(C)(C)C)C(=O)c1cccnc1Cl. The van der Waals surface area contributed by atoms with Crippen molar-refractivity contribution in [3.8, 4) is 0 Å². The van der Waals surface area contributed by atoms with Gasteiger partial charge in [-0.3, -0.25) is 4.79 Å². The van der Waals surface area contributed by atoms with Crippen LogP contribution in [0.4, 0.5) is 4.79 Å². The molecule has 0 bridgehead atoms. The third kappa shape index (κ3) is 4.60. The van der Waals surface area contributed by atoms with Gasteiger partial charge in [0, 0.05) is 26.3 Å². The summed E-state index contributed by atoms with van der Waals surface area (Å²) in [6, 6.07) is 3.27. The van der Waals surface area contributed by atoms with Crippen molar-refractivity contribution < 1.29 is 14.3 Å². The van der Waals surface area contributed by atoms with Gasteiger partial charge in [-0.15, -0.1) is 0 Å². The van der Waals surface area contributed by atoms with Crippen LogP contribution in [0.25, 0.3) is 0 Å². The molecule has 1 aliphatic heterocycles. The summed E-state index contributed by atoms with van der Waals surface area (Å²) >= 11 is 5.99. The summed E-state index contributed by atoms with van der Waals surface area (Å²) < 4.78 is 5.45. The number of ether oxygens (including phenoxy) is 1. The van der Waals surface area contributed by atoms with Gasteiger partial charge in [-0.25, -0.2) is 9.78 Å². The quantitative estimate of drug-likeness (QED) is 0.783. The van der Waals surface area contributed by atoms with Crippen molar-refractivity contribution in [1.82, 2.24) is 14.8 Å². The maximum absolute atomic E-state index is 12.5. The molecule has 1 aromatic heterocycles. The highest BCUT2D eigenvalue weighted by Crippen LogP contribution is 2.22. The van der Waals surface area contributed by atoms with E-state index < -0.39 is 5.60 Å². The van der Waals surface area contributed by atoms with Gasteiger partial charge in [0.1, 0.15) is 10.8 Å². The van der Waals surface area contributed by atoms with E-state index in [1.807, 2.05) is 20.8 Å². The highest BCUT2D eigenvalue weighted by Gasteiger charge is 2.33. The third-order valence-electron chi connectivity index (χ3n) is 3.83. The molecule has 132 valence electrons. The van der Waals surface area contributed by atoms with E-state index >= 15 is 0 Å². The predicted octanol–water partition coefficient (Wildman–Crippen LogP) is 3.21. The van der Waals surface area contributed by atoms with Crippen LogP contribution in [-0.2, 0) is 4.74 Å². The minimum absolute atomic E-state index is 0.0516. The van der Waals surface area contributed by atoms with Crippen LogP contribution in [-0.4, -0.2) is 58.6 Å². The standard InChI is InChI=1S/C17H24ClN3O3/c1-17(2,3)24-16(23)21-10-6-7-12(21)11-20(4)15(22)13-8-5-9-19-14(13)18/h5,8-9,12H,6-7,10-11H2,1-4H3. The van der Waals surface area contributed by atoms with Crippen LogP contribution in [0.2, 0.25) is 5.15 Å². The summed E-state index contributed by atoms with van der Waals surface area (Å²) in [6.07, 6.45) is 2.96. The Hall–Kier alpha value is -1.82. The second-order valence-electron chi connectivity index (χ2n) is 7.00. The predicted molar refractivity (Wildman–Crippen MR) is 92.2 cm³/mol. The van der Waals surface area contributed by atoms with Gasteiger partial charge in [0.15, 0.2) is 0 Å². The van der Waals surface area contributed by atoms with Crippen molar-refractivity contribution in [2.75, 3.05) is 20.1 Å². The molecule has 24 heavy (non-hydrogen) atoms. The topological polar surface area (TPSA) is 62.7 Å². The number of rotatable bonds is 3. The highest BCUT2D eigenvalue weighted by molar-refractivity contribution is 6.32. The molecule has 0 aliphatic carbocycles. The number of likely N-dealkylation sites (N-methyl/N-ethyl adjacent to an activating group) is 1. The average molecular weight is 354 g/mol. The molecule has 0 saturated carbocycles. The largest absolute Gasteiger partial charge is 0.444 e. The molecule has 0 aromatic carbocycles. The van der Waals surface area contributed by atoms with Crippen LogP contribution in [0.15, 0.2) is 18.3 Å². The molecule has 1 saturated heterocycles. The number of amides is 2. The minimum Gasteiger partial charge on any atom is -0.444 e. The lowest BCUT2D eigenvalue weighted by atomic mass is 10.2. The Labute approximate surface area is 147 Å². The molecule has 1 unspecified atom stereocenters. The van der Waals surface area contributed by atoms with E-state index in [2.05, 4.69) is 4.98 Å². The van der Waals surface area contributed by atoms with Gasteiger partial charge in [-0.05, 0) is 45.7 Å². The molecule has 1 atom stereocenters. The molecule has 1 aliphatic rings. The Kier molecular flexibility index (Phi) is 5.70. The van der Waals surface area contributed by atoms with E-state index in [1.54, 1.807) is 35.2 Å². The first-order valence-electron chi connectivity index (χ1n) is 8.04. The number of carbonyl (C=O) groups is 2. The summed E-state index contributed by atoms with van der Waals surface area (Å²) in [5.74, 6) is -0.205. The fourth-order valence-electron chi connectivity index (χ4n) is 2.74. The van der Waals surface area contributed by atoms with Gasteiger partial charge < -0.3 is 14.5 Å². The van der Waals surface area contributed by atoms with Gasteiger partial charge in [-0.1, -0.05) is 11.6 Å². The molecular formula is C17H24ClN3O3. The Bertz CT molecular complexity index is 615. The maximum atomic E-state index is 12.5. The van der Waals surface area contributed by atoms with Crippen LogP contribution < -0.4 is 0 Å². The van der Waals surface area contributed by atoms with Gasteiger partial charge in [-0.2, -0.15) is 0 Å². The van der Waals surface area contributed by atoms with Crippen molar-refractivity contribution in [1.29, 1.82) is 0 Å². The normalized spacial score (nSPS) is 17.7. The third-order valence-corrected chi connectivity index (χ3v) is 4.13. The second kappa shape index (κ2) is 7.38. The Morgan fingerprint density at radius 2 is 2.17 bits per heavy atom. The van der Waals surface area contributed by atoms with Crippen LogP contribution in [0.3, 0.4) is 0 Å².